The molecule has 6 nitrogen and oxygen atoms in total. The summed E-state index contributed by atoms with van der Waals surface area (Å²) in [5.41, 5.74) is 3.02. The Morgan fingerprint density at radius 2 is 2.44 bits per heavy atom. The summed E-state index contributed by atoms with van der Waals surface area (Å²) in [5.74, 6) is 6.32. The number of nitrogens with one attached hydrogen (secondary N) is 1. The van der Waals surface area contributed by atoms with E-state index >= 15 is 0 Å². The van der Waals surface area contributed by atoms with E-state index in [0.717, 1.165) is 22.0 Å². The minimum absolute atomic E-state index is 0.233. The topological polar surface area (TPSA) is 86.1 Å². The van der Waals surface area contributed by atoms with Gasteiger partial charge in [0.15, 0.2) is 5.76 Å². The highest BCUT2D eigenvalue weighted by molar-refractivity contribution is 7.98. The van der Waals surface area contributed by atoms with Gasteiger partial charge in [0.05, 0.1) is 6.20 Å². The molecule has 0 aliphatic heterocycles. The highest BCUT2D eigenvalue weighted by atomic mass is 32.2. The molecule has 0 saturated carbocycles. The first-order chi connectivity index (χ1) is 8.60. The van der Waals surface area contributed by atoms with Crippen molar-refractivity contribution in [1.29, 1.82) is 0 Å². The van der Waals surface area contributed by atoms with Crippen molar-refractivity contribution >= 4 is 17.7 Å². The van der Waals surface area contributed by atoms with E-state index in [1.165, 1.54) is 0 Å². The Labute approximate surface area is 108 Å². The Morgan fingerprint density at radius 3 is 3.06 bits per heavy atom. The molecule has 2 aromatic heterocycles. The van der Waals surface area contributed by atoms with Gasteiger partial charge in [-0.15, -0.1) is 11.8 Å². The molecule has 3 N–H and O–H groups in total. The van der Waals surface area contributed by atoms with Crippen LogP contribution in [0.3, 0.4) is 0 Å². The Bertz CT molecular complexity index is 561. The van der Waals surface area contributed by atoms with Crippen molar-refractivity contribution in [2.75, 3.05) is 0 Å². The molecule has 18 heavy (non-hydrogen) atoms. The van der Waals surface area contributed by atoms with Crippen molar-refractivity contribution < 1.29 is 9.21 Å². The number of aromatic nitrogens is 2. The average Bonchev–Trinajstić information content (AvgIpc) is 2.92. The number of hydrogen-bond acceptors (Lipinski definition) is 5. The molecular weight excluding hydrogens is 252 g/mol. The lowest BCUT2D eigenvalue weighted by atomic mass is 10.3. The van der Waals surface area contributed by atoms with E-state index in [-0.39, 0.29) is 5.76 Å². The third-order valence-corrected chi connectivity index (χ3v) is 3.45. The fourth-order valence-corrected chi connectivity index (χ4v) is 2.44. The number of carbonyl (C=O) groups is 1. The summed E-state index contributed by atoms with van der Waals surface area (Å²) in [6, 6.07) is 1.71. The standard InChI is InChI=1S/C11H14N4O2S/c1-7-8(3-10(17-7)11(16)14-12)6-18-9-4-13-15(2)5-9/h3-5H,6,12H2,1-2H3,(H,14,16). The zero-order chi connectivity index (χ0) is 13.1. The van der Waals surface area contributed by atoms with E-state index in [1.54, 1.807) is 28.7 Å². The molecule has 0 spiro atoms. The fourth-order valence-electron chi connectivity index (χ4n) is 1.48. The quantitative estimate of drug-likeness (QED) is 0.376. The van der Waals surface area contributed by atoms with Crippen LogP contribution in [0, 0.1) is 6.92 Å². The number of nitrogens with zero attached hydrogens (tertiary/aromatic N) is 2. The molecule has 2 heterocycles. The zero-order valence-electron chi connectivity index (χ0n) is 10.1. The van der Waals surface area contributed by atoms with Crippen molar-refractivity contribution in [3.63, 3.8) is 0 Å². The van der Waals surface area contributed by atoms with Gasteiger partial charge in [0.1, 0.15) is 5.76 Å². The van der Waals surface area contributed by atoms with Crippen LogP contribution in [0.5, 0.6) is 0 Å². The lowest BCUT2D eigenvalue weighted by Gasteiger charge is -1.95. The lowest BCUT2D eigenvalue weighted by Crippen LogP contribution is -2.29. The van der Waals surface area contributed by atoms with Gasteiger partial charge in [-0.2, -0.15) is 5.10 Å². The summed E-state index contributed by atoms with van der Waals surface area (Å²) in [5, 5.41) is 4.09. The Kier molecular flexibility index (Phi) is 3.73. The van der Waals surface area contributed by atoms with E-state index < -0.39 is 5.91 Å². The highest BCUT2D eigenvalue weighted by Crippen LogP contribution is 2.25. The second-order valence-corrected chi connectivity index (χ2v) is 4.85. The summed E-state index contributed by atoms with van der Waals surface area (Å²) in [6.07, 6.45) is 3.74. The third-order valence-electron chi connectivity index (χ3n) is 2.45. The van der Waals surface area contributed by atoms with E-state index in [9.17, 15) is 4.79 Å². The van der Waals surface area contributed by atoms with Crippen LogP contribution < -0.4 is 11.3 Å². The molecule has 0 fully saturated rings. The number of hydrogen-bond donors (Lipinski definition) is 2. The second kappa shape index (κ2) is 5.28. The van der Waals surface area contributed by atoms with Gasteiger partial charge in [-0.25, -0.2) is 5.84 Å². The maximum atomic E-state index is 11.3. The molecular formula is C11H14N4O2S. The van der Waals surface area contributed by atoms with Crippen LogP contribution in [0.2, 0.25) is 0 Å². The SMILES string of the molecule is Cc1oc(C(=O)NN)cc1CSc1cnn(C)c1. The van der Waals surface area contributed by atoms with E-state index in [2.05, 4.69) is 5.10 Å². The first-order valence-corrected chi connectivity index (χ1v) is 6.30. The summed E-state index contributed by atoms with van der Waals surface area (Å²) in [6.45, 7) is 1.83. The van der Waals surface area contributed by atoms with Crippen molar-refractivity contribution in [1.82, 2.24) is 15.2 Å². The second-order valence-electron chi connectivity index (χ2n) is 3.80. The van der Waals surface area contributed by atoms with Gasteiger partial charge in [-0.3, -0.25) is 14.9 Å². The first-order valence-electron chi connectivity index (χ1n) is 5.32. The molecule has 0 saturated heterocycles. The number of nitrogen functional groups attached to an aromatic ring is 1. The minimum atomic E-state index is -0.421. The van der Waals surface area contributed by atoms with E-state index in [4.69, 9.17) is 10.3 Å². The minimum Gasteiger partial charge on any atom is -0.456 e. The van der Waals surface area contributed by atoms with Gasteiger partial charge in [0, 0.05) is 29.5 Å². The van der Waals surface area contributed by atoms with Gasteiger partial charge >= 0.3 is 5.91 Å². The van der Waals surface area contributed by atoms with Crippen LogP contribution in [0.25, 0.3) is 0 Å². The predicted molar refractivity (Wildman–Crippen MR) is 67.9 cm³/mol. The van der Waals surface area contributed by atoms with Crippen LogP contribution in [0.4, 0.5) is 0 Å². The molecule has 2 aromatic rings. The number of carbonyl (C=O) groups excluding carboxylic acids is 1. The fraction of sp³-hybridized carbons (Fsp3) is 0.273. The number of furan rings is 1. The van der Waals surface area contributed by atoms with Crippen molar-refractivity contribution in [2.24, 2.45) is 12.9 Å². The summed E-state index contributed by atoms with van der Waals surface area (Å²) in [4.78, 5) is 12.4. The van der Waals surface area contributed by atoms with Crippen LogP contribution in [0.1, 0.15) is 21.9 Å². The molecule has 0 atom stereocenters. The van der Waals surface area contributed by atoms with Gasteiger partial charge < -0.3 is 4.42 Å². The molecule has 96 valence electrons. The molecule has 0 aliphatic carbocycles. The van der Waals surface area contributed by atoms with Crippen molar-refractivity contribution in [3.8, 4) is 0 Å². The van der Waals surface area contributed by atoms with Crippen molar-refractivity contribution in [3.05, 3.63) is 35.5 Å². The monoisotopic (exact) mass is 266 g/mol. The molecule has 0 unspecified atom stereocenters. The molecule has 0 radical (unpaired) electrons. The van der Waals surface area contributed by atoms with Crippen LogP contribution >= 0.6 is 11.8 Å². The van der Waals surface area contributed by atoms with Crippen LogP contribution in [0.15, 0.2) is 27.8 Å². The van der Waals surface area contributed by atoms with E-state index in [0.29, 0.717) is 0 Å². The number of aryl methyl sites for hydroxylation is 2. The van der Waals surface area contributed by atoms with Gasteiger partial charge in [0.2, 0.25) is 0 Å². The molecule has 0 aromatic carbocycles. The first kappa shape index (κ1) is 12.7. The lowest BCUT2D eigenvalue weighted by molar-refractivity contribution is 0.0924. The Morgan fingerprint density at radius 1 is 1.67 bits per heavy atom. The maximum Gasteiger partial charge on any atom is 0.300 e. The molecule has 1 amide bonds. The maximum absolute atomic E-state index is 11.3. The Balaban J connectivity index is 2.05. The normalized spacial score (nSPS) is 10.6. The zero-order valence-corrected chi connectivity index (χ0v) is 11.0. The van der Waals surface area contributed by atoms with Crippen molar-refractivity contribution in [2.45, 2.75) is 17.6 Å². The summed E-state index contributed by atoms with van der Waals surface area (Å²) in [7, 11) is 1.87. The van der Waals surface area contributed by atoms with Gasteiger partial charge in [-0.05, 0) is 13.0 Å². The largest absolute Gasteiger partial charge is 0.456 e. The average molecular weight is 266 g/mol. The number of hydrazine groups is 1. The number of thioether (sulfide) groups is 1. The van der Waals surface area contributed by atoms with Gasteiger partial charge in [-0.1, -0.05) is 0 Å². The summed E-state index contributed by atoms with van der Waals surface area (Å²) < 4.78 is 7.08. The number of amides is 1. The van der Waals surface area contributed by atoms with E-state index in [1.807, 2.05) is 25.6 Å². The molecule has 2 rings (SSSR count). The van der Waals surface area contributed by atoms with Crippen LogP contribution in [-0.4, -0.2) is 15.7 Å². The highest BCUT2D eigenvalue weighted by Gasteiger charge is 2.13. The predicted octanol–water partition coefficient (Wildman–Crippen LogP) is 1.22. The molecule has 0 aliphatic rings. The summed E-state index contributed by atoms with van der Waals surface area (Å²) >= 11 is 1.63. The Hall–Kier alpha value is -1.73. The smallest absolute Gasteiger partial charge is 0.300 e. The molecule has 0 bridgehead atoms. The van der Waals surface area contributed by atoms with Gasteiger partial charge in [0.25, 0.3) is 0 Å². The third kappa shape index (κ3) is 2.74. The number of rotatable bonds is 4. The number of nitrogens with two attached hydrogens (primary N) is 1. The van der Waals surface area contributed by atoms with Crippen LogP contribution in [-0.2, 0) is 12.8 Å². The molecule has 7 heteroatoms.